The van der Waals surface area contributed by atoms with Gasteiger partial charge in [-0.1, -0.05) is 12.1 Å². The van der Waals surface area contributed by atoms with Crippen molar-refractivity contribution < 1.29 is 31.0 Å². The number of aryl methyl sites for hydroxylation is 1. The molecule has 3 N–H and O–H groups in total. The summed E-state index contributed by atoms with van der Waals surface area (Å²) in [6, 6.07) is 4.58. The van der Waals surface area contributed by atoms with E-state index < -0.39 is 31.0 Å². The Labute approximate surface area is 176 Å². The third-order valence-corrected chi connectivity index (χ3v) is 7.30. The van der Waals surface area contributed by atoms with Crippen molar-refractivity contribution in [1.82, 2.24) is 14.5 Å². The first-order valence-corrected chi connectivity index (χ1v) is 11.4. The highest BCUT2D eigenvalue weighted by molar-refractivity contribution is 7.91. The van der Waals surface area contributed by atoms with Gasteiger partial charge in [0, 0.05) is 18.8 Å². The molecule has 0 saturated carbocycles. The maximum absolute atomic E-state index is 12.8. The minimum atomic E-state index is -4.93. The predicted molar refractivity (Wildman–Crippen MR) is 107 cm³/mol. The Morgan fingerprint density at radius 3 is 2.58 bits per heavy atom. The second kappa shape index (κ2) is 7.92. The van der Waals surface area contributed by atoms with Gasteiger partial charge in [0.15, 0.2) is 32.3 Å². The summed E-state index contributed by atoms with van der Waals surface area (Å²) in [5, 5.41) is 11.7. The van der Waals surface area contributed by atoms with Gasteiger partial charge in [-0.15, -0.1) is 0 Å². The van der Waals surface area contributed by atoms with Crippen LogP contribution in [0, 0.1) is 0 Å². The molecule has 3 aromatic rings. The smallest absolute Gasteiger partial charge is 0.409 e. The number of nitrogens with zero attached hydrogens (tertiary/aromatic N) is 4. The van der Waals surface area contributed by atoms with Crippen LogP contribution >= 0.6 is 0 Å². The number of oxime groups is 1. The lowest BCUT2D eigenvalue weighted by Crippen LogP contribution is -2.16. The molecule has 31 heavy (non-hydrogen) atoms. The SMILES string of the molecule is CCS(=O)(=O)c1cc(C(N)=NO)cnc1-c1nc2cc(S(=O)C(F)(F)F)ccc2n1C. The van der Waals surface area contributed by atoms with Crippen molar-refractivity contribution in [3.8, 4) is 11.5 Å². The molecule has 9 nitrogen and oxygen atoms in total. The van der Waals surface area contributed by atoms with Crippen LogP contribution in [-0.2, 0) is 27.7 Å². The molecule has 1 aromatic carbocycles. The van der Waals surface area contributed by atoms with Gasteiger partial charge >= 0.3 is 5.51 Å². The number of pyridine rings is 1. The van der Waals surface area contributed by atoms with Crippen molar-refractivity contribution in [2.45, 2.75) is 22.2 Å². The lowest BCUT2D eigenvalue weighted by molar-refractivity contribution is -0.0384. The molecule has 1 atom stereocenters. The monoisotopic (exact) mass is 475 g/mol. The summed E-state index contributed by atoms with van der Waals surface area (Å²) >= 11 is 0. The Morgan fingerprint density at radius 1 is 1.32 bits per heavy atom. The van der Waals surface area contributed by atoms with Crippen LogP contribution in [0.2, 0.25) is 0 Å². The number of hydrogen-bond donors (Lipinski definition) is 2. The van der Waals surface area contributed by atoms with Crippen LogP contribution < -0.4 is 5.73 Å². The number of rotatable bonds is 5. The Balaban J connectivity index is 2.26. The van der Waals surface area contributed by atoms with E-state index in [-0.39, 0.29) is 39.1 Å². The fraction of sp³-hybridized carbons (Fsp3) is 0.235. The van der Waals surface area contributed by atoms with Crippen LogP contribution in [0.4, 0.5) is 13.2 Å². The number of amidine groups is 1. The zero-order chi connectivity index (χ0) is 23.1. The summed E-state index contributed by atoms with van der Waals surface area (Å²) < 4.78 is 76.8. The van der Waals surface area contributed by atoms with E-state index in [4.69, 9.17) is 10.9 Å². The highest BCUT2D eigenvalue weighted by Gasteiger charge is 2.38. The van der Waals surface area contributed by atoms with Gasteiger partial charge in [0.05, 0.1) is 26.6 Å². The van der Waals surface area contributed by atoms with Gasteiger partial charge in [-0.2, -0.15) is 13.2 Å². The van der Waals surface area contributed by atoms with E-state index in [0.717, 1.165) is 12.1 Å². The van der Waals surface area contributed by atoms with Crippen molar-refractivity contribution in [2.75, 3.05) is 5.75 Å². The summed E-state index contributed by atoms with van der Waals surface area (Å²) in [6.45, 7) is 1.42. The van der Waals surface area contributed by atoms with Gasteiger partial charge in [-0.25, -0.2) is 17.6 Å². The van der Waals surface area contributed by atoms with Gasteiger partial charge in [0.2, 0.25) is 0 Å². The third kappa shape index (κ3) is 4.12. The normalized spacial score (nSPS) is 14.2. The molecule has 0 bridgehead atoms. The number of alkyl halides is 3. The molecule has 14 heteroatoms. The number of nitrogens with two attached hydrogens (primary N) is 1. The lowest BCUT2D eigenvalue weighted by atomic mass is 10.2. The van der Waals surface area contributed by atoms with E-state index in [1.54, 1.807) is 0 Å². The molecule has 1 unspecified atom stereocenters. The van der Waals surface area contributed by atoms with Gasteiger partial charge in [-0.3, -0.25) is 4.98 Å². The van der Waals surface area contributed by atoms with Gasteiger partial charge in [0.1, 0.15) is 5.69 Å². The average molecular weight is 475 g/mol. The number of benzene rings is 1. The van der Waals surface area contributed by atoms with Gasteiger partial charge in [0.25, 0.3) is 0 Å². The predicted octanol–water partition coefficient (Wildman–Crippen LogP) is 2.15. The largest absolute Gasteiger partial charge is 0.475 e. The minimum absolute atomic E-state index is 0.0555. The maximum atomic E-state index is 12.8. The lowest BCUT2D eigenvalue weighted by Gasteiger charge is -2.10. The Bertz CT molecular complexity index is 1330. The molecule has 0 amide bonds. The second-order valence-corrected chi connectivity index (χ2v) is 10.0. The summed E-state index contributed by atoms with van der Waals surface area (Å²) in [5.74, 6) is -0.571. The molecule has 2 heterocycles. The first kappa shape index (κ1) is 22.7. The molecule has 0 saturated heterocycles. The third-order valence-electron chi connectivity index (χ3n) is 4.46. The highest BCUT2D eigenvalue weighted by Crippen LogP contribution is 2.32. The van der Waals surface area contributed by atoms with Crippen LogP contribution in [-0.4, -0.2) is 49.5 Å². The average Bonchev–Trinajstić information content (AvgIpc) is 3.07. The zero-order valence-electron chi connectivity index (χ0n) is 16.1. The fourth-order valence-electron chi connectivity index (χ4n) is 2.84. The number of fused-ring (bicyclic) bond motifs is 1. The molecule has 0 spiro atoms. The number of aromatic nitrogens is 3. The van der Waals surface area contributed by atoms with E-state index in [1.807, 2.05) is 0 Å². The Morgan fingerprint density at radius 2 is 2.00 bits per heavy atom. The first-order valence-electron chi connectivity index (χ1n) is 8.56. The Kier molecular flexibility index (Phi) is 5.80. The van der Waals surface area contributed by atoms with Crippen molar-refractivity contribution in [2.24, 2.45) is 17.9 Å². The molecular formula is C17H16F3N5O4S2. The van der Waals surface area contributed by atoms with Crippen molar-refractivity contribution >= 4 is 37.5 Å². The van der Waals surface area contributed by atoms with Crippen LogP contribution in [0.25, 0.3) is 22.6 Å². The molecule has 3 rings (SSSR count). The van der Waals surface area contributed by atoms with Crippen molar-refractivity contribution in [3.05, 3.63) is 36.0 Å². The Hall–Kier alpha value is -3.00. The standard InChI is InChI=1S/C17H16F3N5O4S2/c1-3-31(28,29)13-6-9(15(21)24-26)8-22-14(13)16-23-11-7-10(30(27)17(18,19)20)4-5-12(11)25(16)2/h4-8,26H,3H2,1-2H3,(H2,21,24). The van der Waals surface area contributed by atoms with E-state index in [0.29, 0.717) is 5.52 Å². The highest BCUT2D eigenvalue weighted by atomic mass is 32.2. The van der Waals surface area contributed by atoms with Crippen molar-refractivity contribution in [1.29, 1.82) is 0 Å². The van der Waals surface area contributed by atoms with Crippen molar-refractivity contribution in [3.63, 3.8) is 0 Å². The number of hydrogen-bond acceptors (Lipinski definition) is 7. The fourth-order valence-corrected chi connectivity index (χ4v) is 4.58. The molecule has 166 valence electrons. The second-order valence-electron chi connectivity index (χ2n) is 6.32. The molecule has 0 fully saturated rings. The zero-order valence-corrected chi connectivity index (χ0v) is 17.7. The first-order chi connectivity index (χ1) is 14.4. The molecule has 0 aliphatic carbocycles. The summed E-state index contributed by atoms with van der Waals surface area (Å²) in [7, 11) is -5.55. The minimum Gasteiger partial charge on any atom is -0.409 e. The van der Waals surface area contributed by atoms with Gasteiger partial charge < -0.3 is 15.5 Å². The van der Waals surface area contributed by atoms with E-state index in [2.05, 4.69) is 15.1 Å². The summed E-state index contributed by atoms with van der Waals surface area (Å²) in [4.78, 5) is 7.62. The molecule has 2 aromatic heterocycles. The van der Waals surface area contributed by atoms with Crippen LogP contribution in [0.5, 0.6) is 0 Å². The molecular weight excluding hydrogens is 459 g/mol. The molecule has 0 aliphatic heterocycles. The van der Waals surface area contributed by atoms with Gasteiger partial charge in [-0.05, 0) is 24.3 Å². The van der Waals surface area contributed by atoms with E-state index >= 15 is 0 Å². The summed E-state index contributed by atoms with van der Waals surface area (Å²) in [5.41, 5.74) is 1.05. The number of halogens is 3. The molecule has 0 radical (unpaired) electrons. The number of imidazole rings is 1. The van der Waals surface area contributed by atoms with Crippen LogP contribution in [0.3, 0.4) is 0 Å². The maximum Gasteiger partial charge on any atom is 0.475 e. The molecule has 0 aliphatic rings. The van der Waals surface area contributed by atoms with E-state index in [1.165, 1.54) is 36.9 Å². The van der Waals surface area contributed by atoms with Crippen LogP contribution in [0.1, 0.15) is 12.5 Å². The number of sulfone groups is 1. The topological polar surface area (TPSA) is 141 Å². The van der Waals surface area contributed by atoms with E-state index in [9.17, 15) is 25.8 Å². The van der Waals surface area contributed by atoms with Crippen LogP contribution in [0.15, 0.2) is 45.4 Å². The summed E-state index contributed by atoms with van der Waals surface area (Å²) in [6.07, 6.45) is 1.18. The quantitative estimate of drug-likeness (QED) is 0.249.